The summed E-state index contributed by atoms with van der Waals surface area (Å²) in [5.74, 6) is 0.853. The van der Waals surface area contributed by atoms with Crippen molar-refractivity contribution in [2.45, 2.75) is 12.8 Å². The van der Waals surface area contributed by atoms with Crippen molar-refractivity contribution in [3.05, 3.63) is 0 Å². The summed E-state index contributed by atoms with van der Waals surface area (Å²) in [6, 6.07) is 0. The number of hydrogen-bond acceptors (Lipinski definition) is 4. The first kappa shape index (κ1) is 11.3. The fraction of sp³-hybridized carbons (Fsp3) is 1.00. The summed E-state index contributed by atoms with van der Waals surface area (Å²) < 4.78 is 0. The zero-order valence-electron chi connectivity index (χ0n) is 9.49. The number of likely N-dealkylation sites (tertiary alicyclic amines) is 1. The summed E-state index contributed by atoms with van der Waals surface area (Å²) >= 11 is 0. The van der Waals surface area contributed by atoms with Crippen LogP contribution in [0.25, 0.3) is 0 Å². The third-order valence-electron chi connectivity index (χ3n) is 3.63. The number of nitrogens with one attached hydrogen (secondary N) is 1. The maximum absolute atomic E-state index is 9.01. The second kappa shape index (κ2) is 5.80. The van der Waals surface area contributed by atoms with Gasteiger partial charge in [0.1, 0.15) is 0 Å². The van der Waals surface area contributed by atoms with Crippen LogP contribution in [0.4, 0.5) is 0 Å². The minimum absolute atomic E-state index is 0.236. The molecule has 2 aliphatic rings. The second-order valence-corrected chi connectivity index (χ2v) is 4.75. The molecule has 0 radical (unpaired) electrons. The zero-order chi connectivity index (χ0) is 10.5. The van der Waals surface area contributed by atoms with Crippen LogP contribution in [0.2, 0.25) is 0 Å². The molecule has 2 aliphatic heterocycles. The van der Waals surface area contributed by atoms with Gasteiger partial charge in [0.05, 0.1) is 6.73 Å². The van der Waals surface area contributed by atoms with E-state index in [-0.39, 0.29) is 6.73 Å². The normalized spacial score (nSPS) is 27.0. The molecule has 2 saturated heterocycles. The average Bonchev–Trinajstić information content (AvgIpc) is 2.31. The monoisotopic (exact) mass is 213 g/mol. The van der Waals surface area contributed by atoms with Crippen LogP contribution in [0.15, 0.2) is 0 Å². The standard InChI is InChI=1S/C11H23N3O/c15-10-14-5-1-11(2-6-14)9-13-7-3-12-4-8-13/h11-12,15H,1-10H2. The average molecular weight is 213 g/mol. The van der Waals surface area contributed by atoms with E-state index in [0.29, 0.717) is 0 Å². The molecule has 0 bridgehead atoms. The summed E-state index contributed by atoms with van der Waals surface area (Å²) in [4.78, 5) is 4.71. The van der Waals surface area contributed by atoms with Crippen molar-refractivity contribution in [1.29, 1.82) is 0 Å². The summed E-state index contributed by atoms with van der Waals surface area (Å²) in [6.07, 6.45) is 2.51. The highest BCUT2D eigenvalue weighted by molar-refractivity contribution is 4.76. The topological polar surface area (TPSA) is 38.7 Å². The Labute approximate surface area is 92.2 Å². The molecule has 0 aromatic carbocycles. The van der Waals surface area contributed by atoms with Gasteiger partial charge in [-0.2, -0.15) is 0 Å². The maximum atomic E-state index is 9.01. The van der Waals surface area contributed by atoms with Gasteiger partial charge in [-0.3, -0.25) is 4.90 Å². The van der Waals surface area contributed by atoms with Gasteiger partial charge < -0.3 is 15.3 Å². The molecule has 15 heavy (non-hydrogen) atoms. The Hall–Kier alpha value is -0.160. The number of rotatable bonds is 3. The number of aliphatic hydroxyl groups excluding tert-OH is 1. The van der Waals surface area contributed by atoms with Crippen molar-refractivity contribution in [3.63, 3.8) is 0 Å². The zero-order valence-corrected chi connectivity index (χ0v) is 9.49. The number of aliphatic hydroxyl groups is 1. The Balaban J connectivity index is 1.67. The molecular formula is C11H23N3O. The molecule has 0 aromatic heterocycles. The third-order valence-corrected chi connectivity index (χ3v) is 3.63. The Kier molecular flexibility index (Phi) is 4.38. The van der Waals surface area contributed by atoms with E-state index in [2.05, 4.69) is 15.1 Å². The molecule has 0 aromatic rings. The number of piperazine rings is 1. The molecule has 88 valence electrons. The summed E-state index contributed by atoms with van der Waals surface area (Å²) in [6.45, 7) is 8.37. The van der Waals surface area contributed by atoms with E-state index in [1.807, 2.05) is 0 Å². The van der Waals surface area contributed by atoms with Crippen molar-refractivity contribution >= 4 is 0 Å². The summed E-state index contributed by atoms with van der Waals surface area (Å²) in [5, 5.41) is 12.4. The van der Waals surface area contributed by atoms with Gasteiger partial charge in [-0.05, 0) is 18.8 Å². The lowest BCUT2D eigenvalue weighted by Crippen LogP contribution is -2.46. The van der Waals surface area contributed by atoms with Crippen LogP contribution in [0.5, 0.6) is 0 Å². The molecular weight excluding hydrogens is 190 g/mol. The second-order valence-electron chi connectivity index (χ2n) is 4.75. The number of nitrogens with zero attached hydrogens (tertiary/aromatic N) is 2. The minimum atomic E-state index is 0.236. The van der Waals surface area contributed by atoms with Crippen LogP contribution in [0.1, 0.15) is 12.8 Å². The Morgan fingerprint density at radius 3 is 2.27 bits per heavy atom. The molecule has 2 N–H and O–H groups in total. The van der Waals surface area contributed by atoms with E-state index in [1.165, 1.54) is 32.5 Å². The minimum Gasteiger partial charge on any atom is -0.381 e. The van der Waals surface area contributed by atoms with Crippen LogP contribution < -0.4 is 5.32 Å². The molecule has 0 amide bonds. The fourth-order valence-corrected chi connectivity index (χ4v) is 2.57. The Morgan fingerprint density at radius 1 is 1.00 bits per heavy atom. The van der Waals surface area contributed by atoms with E-state index >= 15 is 0 Å². The molecule has 2 fully saturated rings. The number of piperidine rings is 1. The highest BCUT2D eigenvalue weighted by atomic mass is 16.3. The first-order valence-corrected chi connectivity index (χ1v) is 6.15. The lowest BCUT2D eigenvalue weighted by molar-refractivity contribution is 0.0628. The molecule has 0 unspecified atom stereocenters. The van der Waals surface area contributed by atoms with Crippen LogP contribution >= 0.6 is 0 Å². The largest absolute Gasteiger partial charge is 0.381 e. The van der Waals surface area contributed by atoms with Crippen LogP contribution in [0, 0.1) is 5.92 Å². The molecule has 0 saturated carbocycles. The van der Waals surface area contributed by atoms with Crippen LogP contribution in [0.3, 0.4) is 0 Å². The lowest BCUT2D eigenvalue weighted by Gasteiger charge is -2.35. The van der Waals surface area contributed by atoms with Crippen molar-refractivity contribution < 1.29 is 5.11 Å². The summed E-state index contributed by atoms with van der Waals surface area (Å²) in [7, 11) is 0. The molecule has 2 rings (SSSR count). The SMILES string of the molecule is OCN1CCC(CN2CCNCC2)CC1. The van der Waals surface area contributed by atoms with Gasteiger partial charge in [0.2, 0.25) is 0 Å². The lowest BCUT2D eigenvalue weighted by atomic mass is 9.96. The predicted molar refractivity (Wildman–Crippen MR) is 60.7 cm³/mol. The van der Waals surface area contributed by atoms with Gasteiger partial charge in [0.15, 0.2) is 0 Å². The van der Waals surface area contributed by atoms with E-state index in [4.69, 9.17) is 5.11 Å². The van der Waals surface area contributed by atoms with Crippen LogP contribution in [-0.2, 0) is 0 Å². The van der Waals surface area contributed by atoms with Gasteiger partial charge in [0, 0.05) is 45.8 Å². The van der Waals surface area contributed by atoms with Crippen LogP contribution in [-0.4, -0.2) is 67.5 Å². The first-order valence-electron chi connectivity index (χ1n) is 6.15. The quantitative estimate of drug-likeness (QED) is 0.666. The van der Waals surface area contributed by atoms with Gasteiger partial charge in [-0.15, -0.1) is 0 Å². The number of hydrogen-bond donors (Lipinski definition) is 2. The van der Waals surface area contributed by atoms with Crippen molar-refractivity contribution in [2.75, 3.05) is 52.5 Å². The van der Waals surface area contributed by atoms with E-state index in [9.17, 15) is 0 Å². The molecule has 0 aliphatic carbocycles. The molecule has 4 nitrogen and oxygen atoms in total. The fourth-order valence-electron chi connectivity index (χ4n) is 2.57. The van der Waals surface area contributed by atoms with Gasteiger partial charge >= 0.3 is 0 Å². The molecule has 0 spiro atoms. The van der Waals surface area contributed by atoms with E-state index in [1.54, 1.807) is 0 Å². The molecule has 0 atom stereocenters. The van der Waals surface area contributed by atoms with E-state index in [0.717, 1.165) is 32.1 Å². The van der Waals surface area contributed by atoms with Crippen molar-refractivity contribution in [3.8, 4) is 0 Å². The van der Waals surface area contributed by atoms with E-state index < -0.39 is 0 Å². The highest BCUT2D eigenvalue weighted by Gasteiger charge is 2.21. The van der Waals surface area contributed by atoms with Gasteiger partial charge in [0.25, 0.3) is 0 Å². The molecule has 2 heterocycles. The summed E-state index contributed by atoms with van der Waals surface area (Å²) in [5.41, 5.74) is 0. The maximum Gasteiger partial charge on any atom is 0.0956 e. The predicted octanol–water partition coefficient (Wildman–Crippen LogP) is -0.447. The Morgan fingerprint density at radius 2 is 1.67 bits per heavy atom. The van der Waals surface area contributed by atoms with Gasteiger partial charge in [-0.25, -0.2) is 0 Å². The van der Waals surface area contributed by atoms with Gasteiger partial charge in [-0.1, -0.05) is 0 Å². The van der Waals surface area contributed by atoms with Crippen molar-refractivity contribution in [1.82, 2.24) is 15.1 Å². The molecule has 4 heteroatoms. The third kappa shape index (κ3) is 3.41. The first-order chi connectivity index (χ1) is 7.38. The Bertz CT molecular complexity index is 175. The van der Waals surface area contributed by atoms with Crippen molar-refractivity contribution in [2.24, 2.45) is 5.92 Å². The highest BCUT2D eigenvalue weighted by Crippen LogP contribution is 2.17. The smallest absolute Gasteiger partial charge is 0.0956 e.